The third-order valence-electron chi connectivity index (χ3n) is 3.92. The molecular formula is C14H13BrN2O. The van der Waals surface area contributed by atoms with Crippen molar-refractivity contribution in [2.45, 2.75) is 24.8 Å². The molecule has 0 bridgehead atoms. The van der Waals surface area contributed by atoms with Gasteiger partial charge in [-0.25, -0.2) is 4.79 Å². The Morgan fingerprint density at radius 2 is 2.22 bits per heavy atom. The van der Waals surface area contributed by atoms with Crippen LogP contribution in [0.2, 0.25) is 0 Å². The summed E-state index contributed by atoms with van der Waals surface area (Å²) in [7, 11) is 2.02. The van der Waals surface area contributed by atoms with Gasteiger partial charge in [-0.1, -0.05) is 12.1 Å². The Labute approximate surface area is 114 Å². The number of aromatic nitrogens is 1. The van der Waals surface area contributed by atoms with Crippen LogP contribution in [0.4, 0.5) is 0 Å². The molecule has 0 radical (unpaired) electrons. The number of nitrogens with zero attached hydrogens (tertiary/aromatic N) is 2. The van der Waals surface area contributed by atoms with Crippen LogP contribution in [0.1, 0.15) is 24.8 Å². The van der Waals surface area contributed by atoms with Gasteiger partial charge in [0.15, 0.2) is 0 Å². The number of benzene rings is 1. The molecule has 0 spiro atoms. The minimum Gasteiger partial charge on any atom is -0.349 e. The summed E-state index contributed by atoms with van der Waals surface area (Å²) in [6.07, 6.45) is 6.79. The summed E-state index contributed by atoms with van der Waals surface area (Å²) in [6.45, 7) is 0. The first-order chi connectivity index (χ1) is 8.66. The van der Waals surface area contributed by atoms with Crippen LogP contribution in [-0.4, -0.2) is 10.6 Å². The Hall–Kier alpha value is -1.38. The van der Waals surface area contributed by atoms with E-state index in [0.29, 0.717) is 0 Å². The summed E-state index contributed by atoms with van der Waals surface area (Å²) >= 11 is 3.55. The van der Waals surface area contributed by atoms with Crippen LogP contribution in [0, 0.1) is 0 Å². The lowest BCUT2D eigenvalue weighted by molar-refractivity contribution is 0.256. The van der Waals surface area contributed by atoms with E-state index in [9.17, 15) is 4.79 Å². The number of halogens is 1. The number of hydrogen-bond acceptors (Lipinski definition) is 2. The van der Waals surface area contributed by atoms with Gasteiger partial charge in [-0.3, -0.25) is 0 Å². The predicted octanol–water partition coefficient (Wildman–Crippen LogP) is 3.66. The fourth-order valence-electron chi connectivity index (χ4n) is 2.69. The Bertz CT molecular complexity index is 664. The molecular weight excluding hydrogens is 292 g/mol. The molecule has 18 heavy (non-hydrogen) atoms. The van der Waals surface area contributed by atoms with Gasteiger partial charge in [-0.2, -0.15) is 4.99 Å². The van der Waals surface area contributed by atoms with E-state index in [0.717, 1.165) is 34.8 Å². The van der Waals surface area contributed by atoms with Crippen molar-refractivity contribution in [3.05, 3.63) is 34.4 Å². The van der Waals surface area contributed by atoms with Crippen LogP contribution >= 0.6 is 15.9 Å². The molecule has 1 saturated carbocycles. The molecule has 1 heterocycles. The first-order valence-corrected chi connectivity index (χ1v) is 6.80. The third kappa shape index (κ3) is 1.57. The van der Waals surface area contributed by atoms with Gasteiger partial charge >= 0.3 is 0 Å². The van der Waals surface area contributed by atoms with E-state index in [1.165, 1.54) is 5.39 Å². The van der Waals surface area contributed by atoms with Crippen molar-refractivity contribution in [2.24, 2.45) is 12.0 Å². The fraction of sp³-hybridized carbons (Fsp3) is 0.357. The Kier molecular flexibility index (Phi) is 2.65. The summed E-state index contributed by atoms with van der Waals surface area (Å²) in [5.41, 5.74) is 1.97. The van der Waals surface area contributed by atoms with Gasteiger partial charge in [0.25, 0.3) is 0 Å². The average Bonchev–Trinajstić information content (AvgIpc) is 2.59. The van der Waals surface area contributed by atoms with E-state index < -0.39 is 0 Å². The second-order valence-corrected chi connectivity index (χ2v) is 5.76. The first-order valence-electron chi connectivity index (χ1n) is 6.00. The average molecular weight is 305 g/mol. The zero-order chi connectivity index (χ0) is 12.8. The number of carbonyl (C=O) groups excluding carboxylic acids is 1. The molecule has 1 aliphatic rings. The normalized spacial score (nSPS) is 17.2. The number of isocyanates is 1. The largest absolute Gasteiger partial charge is 0.349 e. The lowest BCUT2D eigenvalue weighted by Gasteiger charge is -2.37. The molecule has 0 unspecified atom stereocenters. The Morgan fingerprint density at radius 1 is 1.44 bits per heavy atom. The molecule has 0 amide bonds. The van der Waals surface area contributed by atoms with Crippen LogP contribution in [0.15, 0.2) is 33.9 Å². The quantitative estimate of drug-likeness (QED) is 0.616. The van der Waals surface area contributed by atoms with E-state index >= 15 is 0 Å². The highest BCUT2D eigenvalue weighted by molar-refractivity contribution is 9.10. The van der Waals surface area contributed by atoms with E-state index in [2.05, 4.69) is 43.7 Å². The highest BCUT2D eigenvalue weighted by Crippen LogP contribution is 2.45. The highest BCUT2D eigenvalue weighted by Gasteiger charge is 2.39. The highest BCUT2D eigenvalue weighted by atomic mass is 79.9. The summed E-state index contributed by atoms with van der Waals surface area (Å²) < 4.78 is 3.17. The van der Waals surface area contributed by atoms with Gasteiger partial charge in [0.1, 0.15) is 0 Å². The van der Waals surface area contributed by atoms with Crippen LogP contribution in [0.5, 0.6) is 0 Å². The monoisotopic (exact) mass is 304 g/mol. The number of fused-ring (bicyclic) bond motifs is 1. The van der Waals surface area contributed by atoms with Gasteiger partial charge in [0.05, 0.1) is 5.54 Å². The van der Waals surface area contributed by atoms with Crippen molar-refractivity contribution >= 4 is 32.9 Å². The topological polar surface area (TPSA) is 34.4 Å². The molecule has 0 aliphatic heterocycles. The second kappa shape index (κ2) is 4.08. The molecule has 0 N–H and O–H groups in total. The fourth-order valence-corrected chi connectivity index (χ4v) is 3.33. The predicted molar refractivity (Wildman–Crippen MR) is 74.3 cm³/mol. The Balaban J connectivity index is 2.19. The summed E-state index contributed by atoms with van der Waals surface area (Å²) in [5.74, 6) is 0. The lowest BCUT2D eigenvalue weighted by Crippen LogP contribution is -2.31. The van der Waals surface area contributed by atoms with E-state index in [-0.39, 0.29) is 5.54 Å². The molecule has 0 saturated heterocycles. The summed E-state index contributed by atoms with van der Waals surface area (Å²) in [4.78, 5) is 14.7. The molecule has 92 valence electrons. The van der Waals surface area contributed by atoms with E-state index in [1.54, 1.807) is 6.08 Å². The first kappa shape index (κ1) is 11.7. The van der Waals surface area contributed by atoms with Gasteiger partial charge in [0.2, 0.25) is 6.08 Å². The maximum absolute atomic E-state index is 10.6. The maximum Gasteiger partial charge on any atom is 0.235 e. The van der Waals surface area contributed by atoms with Crippen molar-refractivity contribution in [1.82, 2.24) is 4.57 Å². The zero-order valence-electron chi connectivity index (χ0n) is 10.1. The van der Waals surface area contributed by atoms with Gasteiger partial charge in [0, 0.05) is 28.6 Å². The SMILES string of the molecule is Cn1cc(Br)c2ccc(C3(N=C=O)CCC3)cc21. The number of rotatable bonds is 2. The zero-order valence-corrected chi connectivity index (χ0v) is 11.7. The van der Waals surface area contributed by atoms with Crippen molar-refractivity contribution in [3.63, 3.8) is 0 Å². The smallest absolute Gasteiger partial charge is 0.235 e. The molecule has 0 atom stereocenters. The van der Waals surface area contributed by atoms with E-state index in [1.807, 2.05) is 13.2 Å². The number of aryl methyl sites for hydroxylation is 1. The second-order valence-electron chi connectivity index (χ2n) is 4.91. The van der Waals surface area contributed by atoms with Crippen LogP contribution in [0.25, 0.3) is 10.9 Å². The van der Waals surface area contributed by atoms with Crippen LogP contribution < -0.4 is 0 Å². The lowest BCUT2D eigenvalue weighted by atomic mass is 9.72. The molecule has 3 nitrogen and oxygen atoms in total. The summed E-state index contributed by atoms with van der Waals surface area (Å²) in [6, 6.07) is 6.31. The number of aliphatic imine (C=N–C) groups is 1. The third-order valence-corrected chi connectivity index (χ3v) is 4.55. The molecule has 1 fully saturated rings. The van der Waals surface area contributed by atoms with Gasteiger partial charge < -0.3 is 4.57 Å². The standard InChI is InChI=1S/C14H13BrN2O/c1-17-8-12(15)11-4-3-10(7-13(11)17)14(16-9-18)5-2-6-14/h3-4,7-8H,2,5-6H2,1H3. The van der Waals surface area contributed by atoms with Crippen molar-refractivity contribution in [3.8, 4) is 0 Å². The van der Waals surface area contributed by atoms with Crippen LogP contribution in [0.3, 0.4) is 0 Å². The van der Waals surface area contributed by atoms with Gasteiger partial charge in [-0.15, -0.1) is 0 Å². The van der Waals surface area contributed by atoms with Gasteiger partial charge in [-0.05, 0) is 46.8 Å². The molecule has 1 aliphatic carbocycles. The van der Waals surface area contributed by atoms with Crippen LogP contribution in [-0.2, 0) is 17.4 Å². The molecule has 4 heteroatoms. The Morgan fingerprint density at radius 3 is 2.83 bits per heavy atom. The molecule has 1 aromatic heterocycles. The molecule has 3 rings (SSSR count). The minimum absolute atomic E-state index is 0.313. The maximum atomic E-state index is 10.6. The molecule has 1 aromatic carbocycles. The summed E-state index contributed by atoms with van der Waals surface area (Å²) in [5, 5.41) is 1.19. The van der Waals surface area contributed by atoms with Crippen molar-refractivity contribution in [1.29, 1.82) is 0 Å². The van der Waals surface area contributed by atoms with Crippen molar-refractivity contribution in [2.75, 3.05) is 0 Å². The molecule has 2 aromatic rings. The number of hydrogen-bond donors (Lipinski definition) is 0. The minimum atomic E-state index is -0.313. The van der Waals surface area contributed by atoms with E-state index in [4.69, 9.17) is 0 Å². The van der Waals surface area contributed by atoms with Crippen molar-refractivity contribution < 1.29 is 4.79 Å².